The highest BCUT2D eigenvalue weighted by atomic mass is 32.1. The Labute approximate surface area is 239 Å². The normalized spacial score (nSPS) is 12.8. The van der Waals surface area contributed by atoms with E-state index in [9.17, 15) is 25.0 Å². The Morgan fingerprint density at radius 1 is 1.00 bits per heavy atom. The van der Waals surface area contributed by atoms with Crippen LogP contribution in [0.1, 0.15) is 56.2 Å². The largest absolute Gasteiger partial charge is 0.322 e. The first-order valence-electron chi connectivity index (χ1n) is 13.1. The number of aryl methyl sites for hydroxylation is 3. The van der Waals surface area contributed by atoms with E-state index in [2.05, 4.69) is 20.4 Å². The molecule has 210 valence electrons. The molecule has 0 spiro atoms. The van der Waals surface area contributed by atoms with Gasteiger partial charge in [-0.15, -0.1) is 11.3 Å². The molecule has 0 unspecified atom stereocenters. The van der Waals surface area contributed by atoms with Crippen LogP contribution >= 0.6 is 11.3 Å². The second kappa shape index (κ2) is 11.3. The maximum absolute atomic E-state index is 13.7. The number of carbonyl (C=O) groups excluding carboxylic acids is 1. The number of hydrogen-bond acceptors (Lipinski definition) is 8. The number of benzene rings is 2. The van der Waals surface area contributed by atoms with Gasteiger partial charge in [0.05, 0.1) is 27.7 Å². The second-order valence-corrected chi connectivity index (χ2v) is 11.0. The molecule has 0 bridgehead atoms. The van der Waals surface area contributed by atoms with E-state index in [1.807, 2.05) is 51.1 Å². The van der Waals surface area contributed by atoms with Gasteiger partial charge in [0, 0.05) is 33.6 Å². The Hall–Kier alpha value is -4.84. The Kier molecular flexibility index (Phi) is 7.66. The van der Waals surface area contributed by atoms with Gasteiger partial charge < -0.3 is 9.88 Å². The third kappa shape index (κ3) is 5.59. The van der Waals surface area contributed by atoms with Crippen molar-refractivity contribution in [2.24, 2.45) is 5.10 Å². The van der Waals surface area contributed by atoms with Crippen molar-refractivity contribution in [3.8, 4) is 5.00 Å². The van der Waals surface area contributed by atoms with Crippen molar-refractivity contribution in [2.45, 2.75) is 46.5 Å². The Morgan fingerprint density at radius 2 is 1.73 bits per heavy atom. The number of non-ortho nitro benzene ring substituents is 1. The van der Waals surface area contributed by atoms with E-state index in [0.717, 1.165) is 70.5 Å². The molecule has 0 fully saturated rings. The van der Waals surface area contributed by atoms with Crippen molar-refractivity contribution in [1.29, 1.82) is 0 Å². The fourth-order valence-corrected chi connectivity index (χ4v) is 6.55. The first kappa shape index (κ1) is 27.7. The topological polar surface area (TPSA) is 145 Å². The summed E-state index contributed by atoms with van der Waals surface area (Å²) in [5.41, 5.74) is 8.02. The highest BCUT2D eigenvalue weighted by Gasteiger charge is 2.28. The molecule has 41 heavy (non-hydrogen) atoms. The van der Waals surface area contributed by atoms with E-state index in [4.69, 9.17) is 0 Å². The first-order valence-corrected chi connectivity index (χ1v) is 13.9. The van der Waals surface area contributed by atoms with E-state index >= 15 is 0 Å². The van der Waals surface area contributed by atoms with Gasteiger partial charge in [-0.05, 0) is 76.3 Å². The Bertz CT molecular complexity index is 1700. The van der Waals surface area contributed by atoms with Crippen molar-refractivity contribution in [3.05, 3.63) is 107 Å². The van der Waals surface area contributed by atoms with Crippen LogP contribution in [0.15, 0.2) is 53.6 Å². The van der Waals surface area contributed by atoms with Gasteiger partial charge in [0.15, 0.2) is 0 Å². The summed E-state index contributed by atoms with van der Waals surface area (Å²) in [6.07, 6.45) is 5.47. The molecule has 1 amide bonds. The summed E-state index contributed by atoms with van der Waals surface area (Å²) in [6.45, 7) is 5.89. The fourth-order valence-electron chi connectivity index (χ4n) is 5.05. The SMILES string of the molecule is Cc1ccc(NC(=O)c2c(-n3c(C)cc(/C=N\Nc4ccc([N+](=O)[O-])cc4[N+](=O)[O-])c3C)sc3c2CCCC3)cc1. The highest BCUT2D eigenvalue weighted by Crippen LogP contribution is 2.39. The molecule has 11 nitrogen and oxygen atoms in total. The number of nitro benzene ring substituents is 2. The van der Waals surface area contributed by atoms with E-state index in [1.54, 1.807) is 17.6 Å². The van der Waals surface area contributed by atoms with E-state index in [-0.39, 0.29) is 17.3 Å². The molecule has 12 heteroatoms. The molecule has 0 saturated heterocycles. The van der Waals surface area contributed by atoms with E-state index in [1.165, 1.54) is 17.0 Å². The van der Waals surface area contributed by atoms with Gasteiger partial charge in [0.1, 0.15) is 10.7 Å². The van der Waals surface area contributed by atoms with Crippen molar-refractivity contribution in [1.82, 2.24) is 4.57 Å². The summed E-state index contributed by atoms with van der Waals surface area (Å²) in [6, 6.07) is 13.0. The molecule has 0 aliphatic heterocycles. The summed E-state index contributed by atoms with van der Waals surface area (Å²) >= 11 is 1.64. The zero-order chi connectivity index (χ0) is 29.3. The van der Waals surface area contributed by atoms with Crippen LogP contribution in [0.3, 0.4) is 0 Å². The average Bonchev–Trinajstić information content (AvgIpc) is 3.45. The van der Waals surface area contributed by atoms with Gasteiger partial charge in [-0.1, -0.05) is 17.7 Å². The second-order valence-electron chi connectivity index (χ2n) is 9.96. The fraction of sp³-hybridized carbons (Fsp3) is 0.241. The molecule has 4 aromatic rings. The average molecular weight is 573 g/mol. The summed E-state index contributed by atoms with van der Waals surface area (Å²) in [5, 5.41) is 30.6. The quantitative estimate of drug-likeness (QED) is 0.134. The summed E-state index contributed by atoms with van der Waals surface area (Å²) in [7, 11) is 0. The van der Waals surface area contributed by atoms with Crippen LogP contribution < -0.4 is 10.7 Å². The number of rotatable bonds is 8. The van der Waals surface area contributed by atoms with Crippen LogP contribution in [-0.4, -0.2) is 26.5 Å². The minimum absolute atomic E-state index is 0.0339. The van der Waals surface area contributed by atoms with Crippen molar-refractivity contribution in [3.63, 3.8) is 0 Å². The van der Waals surface area contributed by atoms with Crippen LogP contribution in [0.5, 0.6) is 0 Å². The molecule has 0 atom stereocenters. The number of hydrogen-bond donors (Lipinski definition) is 2. The number of aromatic nitrogens is 1. The summed E-state index contributed by atoms with van der Waals surface area (Å²) < 4.78 is 2.06. The number of amides is 1. The minimum atomic E-state index is -0.696. The number of fused-ring (bicyclic) bond motifs is 1. The van der Waals surface area contributed by atoms with Crippen LogP contribution in [0.4, 0.5) is 22.7 Å². The van der Waals surface area contributed by atoms with Gasteiger partial charge in [-0.25, -0.2) is 0 Å². The standard InChI is InChI=1S/C29H28N6O5S/c1-17-8-10-21(11-9-17)31-28(36)27-23-6-4-5-7-26(23)41-29(27)33-18(2)14-20(19(33)3)16-30-32-24-13-12-22(34(37)38)15-25(24)35(39)40/h8-16,32H,4-7H2,1-3H3,(H,31,36)/b30-16-. The lowest BCUT2D eigenvalue weighted by Gasteiger charge is -2.14. The van der Waals surface area contributed by atoms with Crippen molar-refractivity contribution in [2.75, 3.05) is 10.7 Å². The van der Waals surface area contributed by atoms with Gasteiger partial charge in [0.2, 0.25) is 0 Å². The van der Waals surface area contributed by atoms with Crippen molar-refractivity contribution < 1.29 is 14.6 Å². The van der Waals surface area contributed by atoms with Crippen LogP contribution in [0.25, 0.3) is 5.00 Å². The zero-order valence-corrected chi connectivity index (χ0v) is 23.6. The maximum Gasteiger partial charge on any atom is 0.301 e. The van der Waals surface area contributed by atoms with Crippen LogP contribution in [0.2, 0.25) is 0 Å². The third-order valence-electron chi connectivity index (χ3n) is 7.14. The molecule has 2 aromatic heterocycles. The molecular weight excluding hydrogens is 544 g/mol. The number of nitrogens with one attached hydrogen (secondary N) is 2. The maximum atomic E-state index is 13.7. The monoisotopic (exact) mass is 572 g/mol. The number of nitrogens with zero attached hydrogens (tertiary/aromatic N) is 4. The molecule has 2 aromatic carbocycles. The van der Waals surface area contributed by atoms with Gasteiger partial charge in [0.25, 0.3) is 11.6 Å². The summed E-state index contributed by atoms with van der Waals surface area (Å²) in [5.74, 6) is -0.141. The number of carbonyl (C=O) groups is 1. The van der Waals surface area contributed by atoms with Gasteiger partial charge in [-0.2, -0.15) is 5.10 Å². The predicted molar refractivity (Wildman–Crippen MR) is 160 cm³/mol. The molecular formula is C29H28N6O5S. The lowest BCUT2D eigenvalue weighted by Crippen LogP contribution is -2.17. The van der Waals surface area contributed by atoms with Crippen LogP contribution in [0, 0.1) is 41.0 Å². The Balaban J connectivity index is 1.47. The number of nitro groups is 2. The highest BCUT2D eigenvalue weighted by molar-refractivity contribution is 7.15. The molecule has 0 radical (unpaired) electrons. The smallest absolute Gasteiger partial charge is 0.301 e. The lowest BCUT2D eigenvalue weighted by atomic mass is 9.95. The zero-order valence-electron chi connectivity index (χ0n) is 22.8. The Morgan fingerprint density at radius 3 is 2.44 bits per heavy atom. The number of hydrazone groups is 1. The van der Waals surface area contributed by atoms with Gasteiger partial charge >= 0.3 is 5.69 Å². The minimum Gasteiger partial charge on any atom is -0.322 e. The van der Waals surface area contributed by atoms with Gasteiger partial charge in [-0.3, -0.25) is 30.4 Å². The molecule has 1 aliphatic rings. The van der Waals surface area contributed by atoms with Crippen molar-refractivity contribution >= 4 is 46.2 Å². The van der Waals surface area contributed by atoms with E-state index in [0.29, 0.717) is 5.56 Å². The lowest BCUT2D eigenvalue weighted by molar-refractivity contribution is -0.393. The molecule has 2 N–H and O–H groups in total. The predicted octanol–water partition coefficient (Wildman–Crippen LogP) is 6.86. The molecule has 5 rings (SSSR count). The number of thiophene rings is 1. The first-order chi connectivity index (χ1) is 19.6. The summed E-state index contributed by atoms with van der Waals surface area (Å²) in [4.78, 5) is 36.0. The molecule has 1 aliphatic carbocycles. The van der Waals surface area contributed by atoms with Crippen LogP contribution in [-0.2, 0) is 12.8 Å². The van der Waals surface area contributed by atoms with E-state index < -0.39 is 15.5 Å². The molecule has 2 heterocycles. The molecule has 0 saturated carbocycles. The third-order valence-corrected chi connectivity index (χ3v) is 8.42. The number of anilines is 2.